The van der Waals surface area contributed by atoms with Crippen molar-refractivity contribution in [2.45, 2.75) is 32.9 Å². The third kappa shape index (κ3) is 3.37. The molecule has 120 valence electrons. The molecule has 0 aliphatic carbocycles. The fourth-order valence-electron chi connectivity index (χ4n) is 2.66. The van der Waals surface area contributed by atoms with Gasteiger partial charge in [-0.1, -0.05) is 36.8 Å². The van der Waals surface area contributed by atoms with Gasteiger partial charge in [0.15, 0.2) is 0 Å². The molecule has 23 heavy (non-hydrogen) atoms. The second kappa shape index (κ2) is 6.84. The number of para-hydroxylation sites is 2. The Bertz CT molecular complexity index is 778. The van der Waals surface area contributed by atoms with Crippen LogP contribution in [0.3, 0.4) is 0 Å². The van der Waals surface area contributed by atoms with Gasteiger partial charge in [-0.2, -0.15) is 0 Å². The summed E-state index contributed by atoms with van der Waals surface area (Å²) in [5, 5.41) is 10.2. The van der Waals surface area contributed by atoms with Crippen molar-refractivity contribution in [1.29, 1.82) is 0 Å². The minimum absolute atomic E-state index is 0.535. The molecular formula is C19H22N2O2. The highest BCUT2D eigenvalue weighted by Crippen LogP contribution is 2.22. The molecule has 0 radical (unpaired) electrons. The van der Waals surface area contributed by atoms with E-state index in [0.29, 0.717) is 25.4 Å². The standard InChI is InChI=1S/C19H22N2O2/c1-3-18(22)19-20-16-6-4-5-7-17(16)21(19)12-13-23-15-10-8-14(2)9-11-15/h4-11,18,22H,3,12-13H2,1-2H3. The number of aliphatic hydroxyl groups excluding tert-OH is 1. The van der Waals surface area contributed by atoms with Crippen LogP contribution < -0.4 is 4.74 Å². The number of ether oxygens (including phenoxy) is 1. The zero-order valence-corrected chi connectivity index (χ0v) is 13.6. The van der Waals surface area contributed by atoms with Crippen LogP contribution in [0.15, 0.2) is 48.5 Å². The quantitative estimate of drug-likeness (QED) is 0.752. The molecule has 3 rings (SSSR count). The monoisotopic (exact) mass is 310 g/mol. The van der Waals surface area contributed by atoms with Crippen molar-refractivity contribution in [3.8, 4) is 5.75 Å². The minimum atomic E-state index is -0.554. The molecule has 1 aromatic heterocycles. The molecule has 0 bridgehead atoms. The lowest BCUT2D eigenvalue weighted by Gasteiger charge is -2.13. The molecule has 4 nitrogen and oxygen atoms in total. The molecule has 4 heteroatoms. The number of fused-ring (bicyclic) bond motifs is 1. The first-order chi connectivity index (χ1) is 11.2. The zero-order chi connectivity index (χ0) is 16.2. The number of imidazole rings is 1. The molecular weight excluding hydrogens is 288 g/mol. The van der Waals surface area contributed by atoms with E-state index in [1.54, 1.807) is 0 Å². The lowest BCUT2D eigenvalue weighted by molar-refractivity contribution is 0.157. The van der Waals surface area contributed by atoms with Gasteiger partial charge in [0.1, 0.15) is 24.3 Å². The second-order valence-electron chi connectivity index (χ2n) is 5.70. The molecule has 1 N–H and O–H groups in total. The lowest BCUT2D eigenvalue weighted by atomic mass is 10.2. The summed E-state index contributed by atoms with van der Waals surface area (Å²) in [4.78, 5) is 4.58. The predicted molar refractivity (Wildman–Crippen MR) is 91.7 cm³/mol. The molecule has 3 aromatic rings. The molecule has 0 fully saturated rings. The molecule has 0 aliphatic heterocycles. The first-order valence-electron chi connectivity index (χ1n) is 8.01. The van der Waals surface area contributed by atoms with Gasteiger partial charge in [0, 0.05) is 0 Å². The number of aryl methyl sites for hydroxylation is 1. The average molecular weight is 310 g/mol. The van der Waals surface area contributed by atoms with Crippen LogP contribution in [-0.2, 0) is 6.54 Å². The van der Waals surface area contributed by atoms with Crippen LogP contribution >= 0.6 is 0 Å². The van der Waals surface area contributed by atoms with E-state index in [1.807, 2.05) is 55.5 Å². The van der Waals surface area contributed by atoms with Crippen LogP contribution in [0.25, 0.3) is 11.0 Å². The number of aliphatic hydroxyl groups is 1. The van der Waals surface area contributed by atoms with Crippen molar-refractivity contribution < 1.29 is 9.84 Å². The first-order valence-corrected chi connectivity index (χ1v) is 8.01. The number of nitrogens with zero attached hydrogens (tertiary/aromatic N) is 2. The largest absolute Gasteiger partial charge is 0.492 e. The summed E-state index contributed by atoms with van der Waals surface area (Å²) >= 11 is 0. The Balaban J connectivity index is 1.79. The summed E-state index contributed by atoms with van der Waals surface area (Å²) in [7, 11) is 0. The first kappa shape index (κ1) is 15.6. The maximum absolute atomic E-state index is 10.2. The number of aromatic nitrogens is 2. The maximum Gasteiger partial charge on any atom is 0.138 e. The molecule has 0 aliphatic rings. The number of hydrogen-bond donors (Lipinski definition) is 1. The van der Waals surface area contributed by atoms with E-state index in [9.17, 15) is 5.11 Å². The van der Waals surface area contributed by atoms with Gasteiger partial charge in [0.05, 0.1) is 17.6 Å². The van der Waals surface area contributed by atoms with Crippen molar-refractivity contribution in [3.63, 3.8) is 0 Å². The number of benzene rings is 2. The van der Waals surface area contributed by atoms with E-state index in [1.165, 1.54) is 5.56 Å². The summed E-state index contributed by atoms with van der Waals surface area (Å²) in [5.41, 5.74) is 3.15. The van der Waals surface area contributed by atoms with Crippen LogP contribution in [0, 0.1) is 6.92 Å². The smallest absolute Gasteiger partial charge is 0.138 e. The van der Waals surface area contributed by atoms with Crippen molar-refractivity contribution in [1.82, 2.24) is 9.55 Å². The Morgan fingerprint density at radius 1 is 1.13 bits per heavy atom. The minimum Gasteiger partial charge on any atom is -0.492 e. The van der Waals surface area contributed by atoms with Crippen molar-refractivity contribution in [2.75, 3.05) is 6.61 Å². The summed E-state index contributed by atoms with van der Waals surface area (Å²) < 4.78 is 7.87. The number of hydrogen-bond acceptors (Lipinski definition) is 3. The van der Waals surface area contributed by atoms with Crippen LogP contribution in [0.5, 0.6) is 5.75 Å². The van der Waals surface area contributed by atoms with Gasteiger partial charge < -0.3 is 14.4 Å². The topological polar surface area (TPSA) is 47.3 Å². The van der Waals surface area contributed by atoms with Gasteiger partial charge in [-0.25, -0.2) is 4.98 Å². The highest BCUT2D eigenvalue weighted by Gasteiger charge is 2.16. The van der Waals surface area contributed by atoms with Crippen LogP contribution in [0.4, 0.5) is 0 Å². The Kier molecular flexibility index (Phi) is 4.63. The van der Waals surface area contributed by atoms with Gasteiger partial charge in [-0.05, 0) is 37.6 Å². The van der Waals surface area contributed by atoms with Gasteiger partial charge in [0.25, 0.3) is 0 Å². The zero-order valence-electron chi connectivity index (χ0n) is 13.6. The van der Waals surface area contributed by atoms with Crippen molar-refractivity contribution in [2.24, 2.45) is 0 Å². The maximum atomic E-state index is 10.2. The van der Waals surface area contributed by atoms with Crippen molar-refractivity contribution in [3.05, 3.63) is 59.9 Å². The third-order valence-corrected chi connectivity index (χ3v) is 3.97. The Hall–Kier alpha value is -2.33. The van der Waals surface area contributed by atoms with E-state index >= 15 is 0 Å². The van der Waals surface area contributed by atoms with Gasteiger partial charge >= 0.3 is 0 Å². The molecule has 0 saturated carbocycles. The van der Waals surface area contributed by atoms with Gasteiger partial charge in [0.2, 0.25) is 0 Å². The highest BCUT2D eigenvalue weighted by molar-refractivity contribution is 5.76. The third-order valence-electron chi connectivity index (χ3n) is 3.97. The predicted octanol–water partition coefficient (Wildman–Crippen LogP) is 3.87. The van der Waals surface area contributed by atoms with Crippen molar-refractivity contribution >= 4 is 11.0 Å². The van der Waals surface area contributed by atoms with Crippen LogP contribution in [0.2, 0.25) is 0 Å². The Labute approximate surface area is 136 Å². The molecule has 2 aromatic carbocycles. The lowest BCUT2D eigenvalue weighted by Crippen LogP contribution is -2.13. The summed E-state index contributed by atoms with van der Waals surface area (Å²) in [5.74, 6) is 1.57. The van der Waals surface area contributed by atoms with Crippen LogP contribution in [-0.4, -0.2) is 21.3 Å². The molecule has 0 amide bonds. The summed E-state index contributed by atoms with van der Waals surface area (Å²) in [6.45, 7) is 5.20. The fraction of sp³-hybridized carbons (Fsp3) is 0.316. The molecule has 0 spiro atoms. The van der Waals surface area contributed by atoms with Gasteiger partial charge in [-0.15, -0.1) is 0 Å². The average Bonchev–Trinajstić information content (AvgIpc) is 2.95. The second-order valence-corrected chi connectivity index (χ2v) is 5.70. The van der Waals surface area contributed by atoms with E-state index in [2.05, 4.69) is 16.5 Å². The summed E-state index contributed by atoms with van der Waals surface area (Å²) in [6.07, 6.45) is 0.0871. The SMILES string of the molecule is CCC(O)c1nc2ccccc2n1CCOc1ccc(C)cc1. The molecule has 1 atom stereocenters. The van der Waals surface area contributed by atoms with E-state index in [0.717, 1.165) is 16.8 Å². The van der Waals surface area contributed by atoms with E-state index < -0.39 is 6.10 Å². The molecule has 1 unspecified atom stereocenters. The molecule has 1 heterocycles. The molecule has 0 saturated heterocycles. The van der Waals surface area contributed by atoms with E-state index in [-0.39, 0.29) is 0 Å². The van der Waals surface area contributed by atoms with E-state index in [4.69, 9.17) is 4.74 Å². The number of rotatable bonds is 6. The Morgan fingerprint density at radius 3 is 2.61 bits per heavy atom. The van der Waals surface area contributed by atoms with Gasteiger partial charge in [-0.3, -0.25) is 0 Å². The van der Waals surface area contributed by atoms with Crippen LogP contribution in [0.1, 0.15) is 30.8 Å². The highest BCUT2D eigenvalue weighted by atomic mass is 16.5. The Morgan fingerprint density at radius 2 is 1.87 bits per heavy atom. The normalized spacial score (nSPS) is 12.5. The fourth-order valence-corrected chi connectivity index (χ4v) is 2.66. The summed E-state index contributed by atoms with van der Waals surface area (Å²) in [6, 6.07) is 16.0.